The van der Waals surface area contributed by atoms with Crippen LogP contribution < -0.4 is 5.32 Å². The number of rotatable bonds is 3. The van der Waals surface area contributed by atoms with Crippen LogP contribution in [-0.2, 0) is 6.67 Å². The highest BCUT2D eigenvalue weighted by Crippen LogP contribution is 2.30. The lowest BCUT2D eigenvalue weighted by Crippen LogP contribution is -2.50. The summed E-state index contributed by atoms with van der Waals surface area (Å²) in [5.41, 5.74) is -0.321. The lowest BCUT2D eigenvalue weighted by atomic mass is 9.78. The van der Waals surface area contributed by atoms with Gasteiger partial charge in [-0.05, 0) is 19.3 Å². The second-order valence-corrected chi connectivity index (χ2v) is 4.02. The molecule has 14 heavy (non-hydrogen) atoms. The van der Waals surface area contributed by atoms with Crippen LogP contribution >= 0.6 is 11.6 Å². The molecular formula is C9H11ClN4. The maximum Gasteiger partial charge on any atom is 0.108 e. The van der Waals surface area contributed by atoms with E-state index in [1.165, 1.54) is 0 Å². The Bertz CT molecular complexity index is 361. The maximum absolute atomic E-state index is 8.95. The highest BCUT2D eigenvalue weighted by molar-refractivity contribution is 6.30. The van der Waals surface area contributed by atoms with E-state index in [1.807, 2.05) is 0 Å². The second kappa shape index (κ2) is 3.60. The van der Waals surface area contributed by atoms with Gasteiger partial charge in [-0.15, -0.1) is 0 Å². The first kappa shape index (κ1) is 9.50. The van der Waals surface area contributed by atoms with E-state index >= 15 is 0 Å². The van der Waals surface area contributed by atoms with Crippen molar-refractivity contribution >= 4 is 11.6 Å². The number of nitrogens with one attached hydrogen (secondary N) is 1. The second-order valence-electron chi connectivity index (χ2n) is 3.58. The van der Waals surface area contributed by atoms with E-state index in [1.54, 1.807) is 17.1 Å². The van der Waals surface area contributed by atoms with Crippen LogP contribution in [0.3, 0.4) is 0 Å². The predicted molar refractivity (Wildman–Crippen MR) is 52.6 cm³/mol. The lowest BCUT2D eigenvalue weighted by Gasteiger charge is -2.35. The third kappa shape index (κ3) is 1.74. The van der Waals surface area contributed by atoms with Crippen LogP contribution in [0.1, 0.15) is 19.3 Å². The quantitative estimate of drug-likeness (QED) is 0.823. The molecule has 0 bridgehead atoms. The molecule has 1 heterocycles. The smallest absolute Gasteiger partial charge is 0.108 e. The molecule has 2 rings (SSSR count). The Labute approximate surface area is 87.5 Å². The molecule has 5 heteroatoms. The van der Waals surface area contributed by atoms with Crippen LogP contribution in [0.4, 0.5) is 0 Å². The number of aromatic nitrogens is 2. The van der Waals surface area contributed by atoms with E-state index in [0.29, 0.717) is 11.7 Å². The van der Waals surface area contributed by atoms with Gasteiger partial charge in [-0.25, -0.2) is 0 Å². The van der Waals surface area contributed by atoms with Gasteiger partial charge in [0, 0.05) is 6.20 Å². The van der Waals surface area contributed by atoms with Crippen LogP contribution in [0.15, 0.2) is 12.4 Å². The molecule has 74 valence electrons. The van der Waals surface area contributed by atoms with Gasteiger partial charge in [0.15, 0.2) is 0 Å². The third-order valence-corrected chi connectivity index (χ3v) is 2.80. The number of halogens is 1. The first-order valence-electron chi connectivity index (χ1n) is 4.58. The standard InChI is InChI=1S/C9H11ClN4/c10-8-4-13-14(5-8)7-12-9(6-11)2-1-3-9/h4-5,12H,1-3,7H2. The first-order chi connectivity index (χ1) is 6.74. The number of hydrogen-bond donors (Lipinski definition) is 1. The molecule has 4 nitrogen and oxygen atoms in total. The summed E-state index contributed by atoms with van der Waals surface area (Å²) in [5, 5.41) is 16.8. The SMILES string of the molecule is N#CC1(NCn2cc(Cl)cn2)CCC1. The summed E-state index contributed by atoms with van der Waals surface area (Å²) >= 11 is 5.72. The zero-order valence-electron chi connectivity index (χ0n) is 7.70. The van der Waals surface area contributed by atoms with E-state index in [2.05, 4.69) is 16.5 Å². The first-order valence-corrected chi connectivity index (χ1v) is 4.96. The van der Waals surface area contributed by atoms with E-state index in [0.717, 1.165) is 19.3 Å². The third-order valence-electron chi connectivity index (χ3n) is 2.60. The number of nitrogens with zero attached hydrogens (tertiary/aromatic N) is 3. The Morgan fingerprint density at radius 1 is 1.71 bits per heavy atom. The van der Waals surface area contributed by atoms with E-state index in [9.17, 15) is 0 Å². The number of nitriles is 1. The molecule has 1 aliphatic carbocycles. The molecule has 0 amide bonds. The normalized spacial score (nSPS) is 18.6. The summed E-state index contributed by atoms with van der Waals surface area (Å²) < 4.78 is 1.69. The Morgan fingerprint density at radius 3 is 2.93 bits per heavy atom. The highest BCUT2D eigenvalue weighted by atomic mass is 35.5. The summed E-state index contributed by atoms with van der Waals surface area (Å²) in [7, 11) is 0. The molecule has 1 N–H and O–H groups in total. The van der Waals surface area contributed by atoms with Gasteiger partial charge >= 0.3 is 0 Å². The molecule has 1 aliphatic rings. The molecule has 1 aromatic rings. The van der Waals surface area contributed by atoms with Crippen LogP contribution in [0, 0.1) is 11.3 Å². The van der Waals surface area contributed by atoms with Crippen molar-refractivity contribution in [2.24, 2.45) is 0 Å². The van der Waals surface area contributed by atoms with Crippen molar-refractivity contribution in [3.8, 4) is 6.07 Å². The van der Waals surface area contributed by atoms with Gasteiger partial charge < -0.3 is 0 Å². The molecular weight excluding hydrogens is 200 g/mol. The van der Waals surface area contributed by atoms with Gasteiger partial charge in [-0.3, -0.25) is 10.00 Å². The van der Waals surface area contributed by atoms with Crippen LogP contribution in [0.5, 0.6) is 0 Å². The summed E-state index contributed by atoms with van der Waals surface area (Å²) in [6.45, 7) is 0.542. The average Bonchev–Trinajstić information content (AvgIpc) is 2.50. The minimum Gasteiger partial charge on any atom is -0.280 e. The molecule has 0 saturated heterocycles. The fraction of sp³-hybridized carbons (Fsp3) is 0.556. The van der Waals surface area contributed by atoms with Crippen molar-refractivity contribution < 1.29 is 0 Å². The van der Waals surface area contributed by atoms with E-state index in [-0.39, 0.29) is 5.54 Å². The van der Waals surface area contributed by atoms with Crippen molar-refractivity contribution in [3.05, 3.63) is 17.4 Å². The van der Waals surface area contributed by atoms with Crippen LogP contribution in [0.25, 0.3) is 0 Å². The van der Waals surface area contributed by atoms with Gasteiger partial charge in [0.1, 0.15) is 5.54 Å². The van der Waals surface area contributed by atoms with Gasteiger partial charge in [0.25, 0.3) is 0 Å². The molecule has 0 atom stereocenters. The molecule has 0 radical (unpaired) electrons. The topological polar surface area (TPSA) is 53.6 Å². The Balaban J connectivity index is 1.91. The fourth-order valence-electron chi connectivity index (χ4n) is 1.52. The van der Waals surface area contributed by atoms with Gasteiger partial charge in [-0.1, -0.05) is 11.6 Å². The summed E-state index contributed by atoms with van der Waals surface area (Å²) in [4.78, 5) is 0. The summed E-state index contributed by atoms with van der Waals surface area (Å²) in [6.07, 6.45) is 6.30. The Morgan fingerprint density at radius 2 is 2.50 bits per heavy atom. The predicted octanol–water partition coefficient (Wildman–Crippen LogP) is 1.53. The van der Waals surface area contributed by atoms with Gasteiger partial charge in [0.05, 0.1) is 24.0 Å². The Hall–Kier alpha value is -1.05. The van der Waals surface area contributed by atoms with Crippen molar-refractivity contribution in [1.82, 2.24) is 15.1 Å². The molecule has 1 fully saturated rings. The van der Waals surface area contributed by atoms with Crippen molar-refractivity contribution in [2.45, 2.75) is 31.5 Å². The number of hydrogen-bond acceptors (Lipinski definition) is 3. The van der Waals surface area contributed by atoms with Crippen LogP contribution in [0.2, 0.25) is 5.02 Å². The highest BCUT2D eigenvalue weighted by Gasteiger charge is 2.36. The lowest BCUT2D eigenvalue weighted by molar-refractivity contribution is 0.231. The van der Waals surface area contributed by atoms with Gasteiger partial charge in [0.2, 0.25) is 0 Å². The molecule has 0 unspecified atom stereocenters. The summed E-state index contributed by atoms with van der Waals surface area (Å²) in [5.74, 6) is 0. The van der Waals surface area contributed by atoms with E-state index in [4.69, 9.17) is 16.9 Å². The van der Waals surface area contributed by atoms with E-state index < -0.39 is 0 Å². The summed E-state index contributed by atoms with van der Waals surface area (Å²) in [6, 6.07) is 2.31. The molecule has 0 aromatic carbocycles. The van der Waals surface area contributed by atoms with Crippen molar-refractivity contribution in [3.63, 3.8) is 0 Å². The monoisotopic (exact) mass is 210 g/mol. The minimum absolute atomic E-state index is 0.321. The molecule has 1 saturated carbocycles. The maximum atomic E-state index is 8.95. The zero-order valence-corrected chi connectivity index (χ0v) is 8.46. The van der Waals surface area contributed by atoms with Gasteiger partial charge in [-0.2, -0.15) is 10.4 Å². The fourth-order valence-corrected chi connectivity index (χ4v) is 1.67. The molecule has 0 aliphatic heterocycles. The minimum atomic E-state index is -0.321. The largest absolute Gasteiger partial charge is 0.280 e. The molecule has 0 spiro atoms. The zero-order chi connectivity index (χ0) is 10.0. The van der Waals surface area contributed by atoms with Crippen molar-refractivity contribution in [1.29, 1.82) is 5.26 Å². The van der Waals surface area contributed by atoms with Crippen LogP contribution in [-0.4, -0.2) is 15.3 Å². The Kier molecular flexibility index (Phi) is 2.44. The molecule has 1 aromatic heterocycles. The average molecular weight is 211 g/mol. The van der Waals surface area contributed by atoms with Crippen molar-refractivity contribution in [2.75, 3.05) is 0 Å².